The molecule has 2 rings (SSSR count). The second-order valence-corrected chi connectivity index (χ2v) is 3.57. The van der Waals surface area contributed by atoms with Crippen LogP contribution in [0.15, 0.2) is 12.3 Å². The Hall–Kier alpha value is -0.800. The van der Waals surface area contributed by atoms with Gasteiger partial charge < -0.3 is 10.5 Å². The van der Waals surface area contributed by atoms with Crippen LogP contribution in [-0.2, 0) is 4.74 Å². The Bertz CT molecular complexity index is 310. The highest BCUT2D eigenvalue weighted by molar-refractivity contribution is 6.31. The minimum absolute atomic E-state index is 0.377. The second-order valence-electron chi connectivity index (χ2n) is 3.21. The van der Waals surface area contributed by atoms with E-state index in [2.05, 4.69) is 4.98 Å². The van der Waals surface area contributed by atoms with E-state index in [9.17, 15) is 0 Å². The first kappa shape index (κ1) is 8.78. The van der Waals surface area contributed by atoms with Crippen molar-refractivity contribution in [3.8, 4) is 0 Å². The molecule has 0 aromatic carbocycles. The smallest absolute Gasteiger partial charge is 0.151 e. The molecule has 1 aromatic heterocycles. The Morgan fingerprint density at radius 3 is 3.08 bits per heavy atom. The lowest BCUT2D eigenvalue weighted by molar-refractivity contribution is 0.194. The number of halogens is 1. The molecule has 1 unspecified atom stereocenters. The fourth-order valence-corrected chi connectivity index (χ4v) is 1.61. The molecule has 1 atom stereocenters. The first-order valence-electron chi connectivity index (χ1n) is 4.26. The molecule has 0 amide bonds. The van der Waals surface area contributed by atoms with Crippen molar-refractivity contribution in [3.05, 3.63) is 23.0 Å². The molecule has 0 aliphatic carbocycles. The molecule has 4 heteroatoms. The predicted molar refractivity (Wildman–Crippen MR) is 51.8 cm³/mol. The minimum atomic E-state index is 0.377. The molecular weight excluding hydrogens is 188 g/mol. The second kappa shape index (κ2) is 3.52. The van der Waals surface area contributed by atoms with E-state index in [0.29, 0.717) is 16.8 Å². The van der Waals surface area contributed by atoms with Gasteiger partial charge in [0, 0.05) is 18.7 Å². The Morgan fingerprint density at radius 2 is 2.46 bits per heavy atom. The van der Waals surface area contributed by atoms with E-state index in [-0.39, 0.29) is 0 Å². The van der Waals surface area contributed by atoms with E-state index in [1.165, 1.54) is 0 Å². The van der Waals surface area contributed by atoms with Crippen LogP contribution in [0.4, 0.5) is 5.69 Å². The average molecular weight is 199 g/mol. The molecule has 3 nitrogen and oxygen atoms in total. The minimum Gasteiger partial charge on any atom is -0.396 e. The number of nitrogens with zero attached hydrogens (tertiary/aromatic N) is 1. The molecule has 0 bridgehead atoms. The van der Waals surface area contributed by atoms with Crippen LogP contribution in [0, 0.1) is 0 Å². The predicted octanol–water partition coefficient (Wildman–Crippen LogP) is 1.82. The van der Waals surface area contributed by atoms with Crippen molar-refractivity contribution >= 4 is 17.3 Å². The Balaban J connectivity index is 2.25. The monoisotopic (exact) mass is 198 g/mol. The molecule has 1 aliphatic rings. The molecule has 1 saturated heterocycles. The highest BCUT2D eigenvalue weighted by Crippen LogP contribution is 2.27. The maximum atomic E-state index is 5.72. The topological polar surface area (TPSA) is 48.1 Å². The Labute approximate surface area is 81.9 Å². The van der Waals surface area contributed by atoms with Gasteiger partial charge >= 0.3 is 0 Å². The van der Waals surface area contributed by atoms with E-state index in [4.69, 9.17) is 22.1 Å². The maximum Gasteiger partial charge on any atom is 0.151 e. The van der Waals surface area contributed by atoms with Crippen molar-refractivity contribution in [2.75, 3.05) is 18.9 Å². The maximum absolute atomic E-state index is 5.72. The number of pyridine rings is 1. The van der Waals surface area contributed by atoms with Crippen molar-refractivity contribution in [2.45, 2.75) is 12.3 Å². The zero-order valence-corrected chi connectivity index (χ0v) is 7.92. The van der Waals surface area contributed by atoms with Gasteiger partial charge in [-0.25, -0.2) is 4.98 Å². The van der Waals surface area contributed by atoms with Crippen molar-refractivity contribution in [3.63, 3.8) is 0 Å². The molecule has 1 aromatic rings. The van der Waals surface area contributed by atoms with Crippen molar-refractivity contribution in [2.24, 2.45) is 0 Å². The summed E-state index contributed by atoms with van der Waals surface area (Å²) in [6, 6.07) is 1.88. The molecule has 1 aliphatic heterocycles. The molecule has 0 spiro atoms. The third-order valence-electron chi connectivity index (χ3n) is 2.29. The number of nitrogens with two attached hydrogens (primary N) is 1. The van der Waals surface area contributed by atoms with Crippen molar-refractivity contribution in [1.82, 2.24) is 4.98 Å². The zero-order chi connectivity index (χ0) is 9.26. The summed E-state index contributed by atoms with van der Waals surface area (Å²) in [6.45, 7) is 1.59. The molecule has 70 valence electrons. The number of nitrogen functional groups attached to an aromatic ring is 1. The van der Waals surface area contributed by atoms with Crippen LogP contribution < -0.4 is 5.73 Å². The van der Waals surface area contributed by atoms with E-state index >= 15 is 0 Å². The lowest BCUT2D eigenvalue weighted by Gasteiger charge is -2.08. The summed E-state index contributed by atoms with van der Waals surface area (Å²) >= 11 is 5.72. The number of hydrogen-bond donors (Lipinski definition) is 1. The van der Waals surface area contributed by atoms with Gasteiger partial charge in [0.1, 0.15) is 0 Å². The molecular formula is C9H11ClN2O. The van der Waals surface area contributed by atoms with Crippen LogP contribution >= 0.6 is 11.6 Å². The largest absolute Gasteiger partial charge is 0.396 e. The Morgan fingerprint density at radius 1 is 1.62 bits per heavy atom. The Kier molecular flexibility index (Phi) is 2.38. The third kappa shape index (κ3) is 1.76. The van der Waals surface area contributed by atoms with Crippen molar-refractivity contribution in [1.29, 1.82) is 0 Å². The quantitative estimate of drug-likeness (QED) is 0.701. The number of anilines is 1. The van der Waals surface area contributed by atoms with Gasteiger partial charge in [0.15, 0.2) is 5.15 Å². The van der Waals surface area contributed by atoms with Gasteiger partial charge in [-0.05, 0) is 18.1 Å². The summed E-state index contributed by atoms with van der Waals surface area (Å²) < 4.78 is 5.28. The van der Waals surface area contributed by atoms with Crippen LogP contribution in [0.1, 0.15) is 17.9 Å². The number of hydrogen-bond acceptors (Lipinski definition) is 3. The van der Waals surface area contributed by atoms with Gasteiger partial charge in [-0.15, -0.1) is 0 Å². The summed E-state index contributed by atoms with van der Waals surface area (Å²) in [5, 5.41) is 0.377. The van der Waals surface area contributed by atoms with Gasteiger partial charge in [-0.2, -0.15) is 0 Å². The SMILES string of the molecule is Nc1cc(C2CCOC2)cnc1Cl. The fourth-order valence-electron chi connectivity index (χ4n) is 1.50. The number of rotatable bonds is 1. The highest BCUT2D eigenvalue weighted by Gasteiger charge is 2.18. The van der Waals surface area contributed by atoms with Gasteiger partial charge in [0.2, 0.25) is 0 Å². The van der Waals surface area contributed by atoms with Crippen LogP contribution in [-0.4, -0.2) is 18.2 Å². The van der Waals surface area contributed by atoms with E-state index in [0.717, 1.165) is 25.2 Å². The summed E-state index contributed by atoms with van der Waals surface area (Å²) in [7, 11) is 0. The summed E-state index contributed by atoms with van der Waals surface area (Å²) in [5.41, 5.74) is 7.32. The molecule has 13 heavy (non-hydrogen) atoms. The average Bonchev–Trinajstić information content (AvgIpc) is 2.62. The van der Waals surface area contributed by atoms with E-state index in [1.807, 2.05) is 6.07 Å². The normalized spacial score (nSPS) is 22.1. The molecule has 2 N–H and O–H groups in total. The summed E-state index contributed by atoms with van der Waals surface area (Å²) in [5.74, 6) is 0.437. The number of aromatic nitrogens is 1. The van der Waals surface area contributed by atoms with Crippen LogP contribution in [0.2, 0.25) is 5.15 Å². The molecule has 0 radical (unpaired) electrons. The molecule has 0 saturated carbocycles. The van der Waals surface area contributed by atoms with Gasteiger partial charge in [0.05, 0.1) is 12.3 Å². The first-order chi connectivity index (χ1) is 6.27. The third-order valence-corrected chi connectivity index (χ3v) is 2.60. The fraction of sp³-hybridized carbons (Fsp3) is 0.444. The van der Waals surface area contributed by atoms with Crippen LogP contribution in [0.5, 0.6) is 0 Å². The summed E-state index contributed by atoms with van der Waals surface area (Å²) in [4.78, 5) is 4.01. The van der Waals surface area contributed by atoms with Gasteiger partial charge in [-0.1, -0.05) is 11.6 Å². The zero-order valence-electron chi connectivity index (χ0n) is 7.16. The summed E-state index contributed by atoms with van der Waals surface area (Å²) in [6.07, 6.45) is 2.82. The highest BCUT2D eigenvalue weighted by atomic mass is 35.5. The molecule has 1 fully saturated rings. The van der Waals surface area contributed by atoms with Gasteiger partial charge in [-0.3, -0.25) is 0 Å². The van der Waals surface area contributed by atoms with Crippen LogP contribution in [0.3, 0.4) is 0 Å². The lowest BCUT2D eigenvalue weighted by atomic mass is 10.0. The van der Waals surface area contributed by atoms with E-state index in [1.54, 1.807) is 6.20 Å². The van der Waals surface area contributed by atoms with Crippen molar-refractivity contribution < 1.29 is 4.74 Å². The lowest BCUT2D eigenvalue weighted by Crippen LogP contribution is -2.00. The number of ether oxygens (including phenoxy) is 1. The van der Waals surface area contributed by atoms with Gasteiger partial charge in [0.25, 0.3) is 0 Å². The van der Waals surface area contributed by atoms with Crippen LogP contribution in [0.25, 0.3) is 0 Å². The standard InChI is InChI=1S/C9H11ClN2O/c10-9-8(11)3-7(4-12-9)6-1-2-13-5-6/h3-4,6H,1-2,5,11H2. The first-order valence-corrected chi connectivity index (χ1v) is 4.64. The van der Waals surface area contributed by atoms with E-state index < -0.39 is 0 Å². The molecule has 2 heterocycles.